The molecule has 1 aromatic carbocycles. The predicted molar refractivity (Wildman–Crippen MR) is 109 cm³/mol. The molecule has 1 fully saturated rings. The lowest BCUT2D eigenvalue weighted by molar-refractivity contribution is 0.0596. The summed E-state index contributed by atoms with van der Waals surface area (Å²) in [6.45, 7) is 0. The van der Waals surface area contributed by atoms with Gasteiger partial charge in [-0.1, -0.05) is 18.9 Å². The van der Waals surface area contributed by atoms with Crippen molar-refractivity contribution in [3.63, 3.8) is 0 Å². The lowest BCUT2D eigenvalue weighted by Crippen LogP contribution is -2.37. The normalized spacial score (nSPS) is 28.6. The van der Waals surface area contributed by atoms with Crippen molar-refractivity contribution < 1.29 is 19.0 Å². The maximum absolute atomic E-state index is 12.6. The molecule has 1 aromatic rings. The van der Waals surface area contributed by atoms with Crippen LogP contribution in [0.5, 0.6) is 5.75 Å². The largest absolute Gasteiger partial charge is 0.497 e. The molecule has 0 radical (unpaired) electrons. The minimum atomic E-state index is -0.260. The van der Waals surface area contributed by atoms with Gasteiger partial charge in [0.1, 0.15) is 11.5 Å². The highest BCUT2D eigenvalue weighted by atomic mass is 16.5. The van der Waals surface area contributed by atoms with E-state index in [1.165, 1.54) is 43.9 Å². The minimum absolute atomic E-state index is 0.260. The standard InChI is InChI=1S/C24H30O4/c1-26-16-10-8-15(9-11-16)20-14-22-21(19-7-5-4-6-18(19)20)12-17(27-2)13-23(22)24(25)28-3/h8,10-13,15,18-20H,4-7,9,14H2,1-3H3/t15?,18-,19+,20-/m0/s1. The van der Waals surface area contributed by atoms with Crippen LogP contribution in [0.2, 0.25) is 0 Å². The Kier molecular flexibility index (Phi) is 5.47. The van der Waals surface area contributed by atoms with Crippen LogP contribution in [0.3, 0.4) is 0 Å². The van der Waals surface area contributed by atoms with E-state index < -0.39 is 0 Å². The van der Waals surface area contributed by atoms with Gasteiger partial charge >= 0.3 is 5.97 Å². The van der Waals surface area contributed by atoms with Gasteiger partial charge in [-0.05, 0) is 84.8 Å². The first-order valence-corrected chi connectivity index (χ1v) is 10.4. The van der Waals surface area contributed by atoms with E-state index >= 15 is 0 Å². The molecule has 4 nitrogen and oxygen atoms in total. The smallest absolute Gasteiger partial charge is 0.338 e. The summed E-state index contributed by atoms with van der Waals surface area (Å²) < 4.78 is 16.0. The summed E-state index contributed by atoms with van der Waals surface area (Å²) in [5.74, 6) is 3.64. The Balaban J connectivity index is 1.75. The molecule has 0 amide bonds. The fourth-order valence-corrected chi connectivity index (χ4v) is 5.64. The summed E-state index contributed by atoms with van der Waals surface area (Å²) in [7, 11) is 4.85. The molecule has 0 saturated heterocycles. The zero-order valence-electron chi connectivity index (χ0n) is 17.1. The number of rotatable bonds is 4. The third-order valence-electron chi connectivity index (χ3n) is 6.99. The van der Waals surface area contributed by atoms with Gasteiger partial charge in [0, 0.05) is 0 Å². The Morgan fingerprint density at radius 1 is 1.04 bits per heavy atom. The number of hydrogen-bond donors (Lipinski definition) is 0. The molecule has 0 spiro atoms. The van der Waals surface area contributed by atoms with Crippen molar-refractivity contribution in [2.45, 2.75) is 44.4 Å². The summed E-state index contributed by atoms with van der Waals surface area (Å²) in [5, 5.41) is 0. The number of hydrogen-bond acceptors (Lipinski definition) is 4. The van der Waals surface area contributed by atoms with Gasteiger partial charge in [-0.25, -0.2) is 4.79 Å². The van der Waals surface area contributed by atoms with E-state index in [0.717, 1.165) is 24.4 Å². The van der Waals surface area contributed by atoms with Crippen LogP contribution in [0.1, 0.15) is 59.5 Å². The molecule has 1 saturated carbocycles. The van der Waals surface area contributed by atoms with E-state index in [9.17, 15) is 4.79 Å². The maximum atomic E-state index is 12.6. The monoisotopic (exact) mass is 382 g/mol. The molecule has 0 heterocycles. The molecule has 0 bridgehead atoms. The van der Waals surface area contributed by atoms with Crippen molar-refractivity contribution in [3.05, 3.63) is 52.8 Å². The van der Waals surface area contributed by atoms with Gasteiger partial charge in [-0.15, -0.1) is 0 Å². The van der Waals surface area contributed by atoms with Crippen molar-refractivity contribution in [2.24, 2.45) is 17.8 Å². The molecular weight excluding hydrogens is 352 g/mol. The van der Waals surface area contributed by atoms with Crippen molar-refractivity contribution in [1.82, 2.24) is 0 Å². The highest BCUT2D eigenvalue weighted by molar-refractivity contribution is 5.92. The van der Waals surface area contributed by atoms with E-state index in [2.05, 4.69) is 24.3 Å². The Bertz CT molecular complexity index is 807. The van der Waals surface area contributed by atoms with Crippen LogP contribution in [0, 0.1) is 17.8 Å². The zero-order valence-corrected chi connectivity index (χ0v) is 17.1. The van der Waals surface area contributed by atoms with Crippen molar-refractivity contribution >= 4 is 5.97 Å². The third-order valence-corrected chi connectivity index (χ3v) is 6.99. The second kappa shape index (κ2) is 8.02. The molecule has 1 unspecified atom stereocenters. The number of carbonyl (C=O) groups excluding carboxylic acids is 1. The highest BCUT2D eigenvalue weighted by Gasteiger charge is 2.42. The van der Waals surface area contributed by atoms with Crippen LogP contribution >= 0.6 is 0 Å². The molecule has 4 heteroatoms. The molecule has 0 aliphatic heterocycles. The SMILES string of the molecule is COC(=O)c1cc(OC)cc2c1C[C@@H](C1C=CC(OC)=CC1)[C@H]1CCCC[C@@H]21. The number of fused-ring (bicyclic) bond motifs is 3. The number of benzene rings is 1. The Morgan fingerprint density at radius 3 is 2.54 bits per heavy atom. The van der Waals surface area contributed by atoms with Gasteiger partial charge in [0.15, 0.2) is 0 Å². The summed E-state index contributed by atoms with van der Waals surface area (Å²) >= 11 is 0. The minimum Gasteiger partial charge on any atom is -0.497 e. The van der Waals surface area contributed by atoms with Crippen LogP contribution < -0.4 is 4.74 Å². The topological polar surface area (TPSA) is 44.8 Å². The van der Waals surface area contributed by atoms with E-state index in [1.807, 2.05) is 6.07 Å². The molecule has 3 aliphatic carbocycles. The van der Waals surface area contributed by atoms with Crippen molar-refractivity contribution in [2.75, 3.05) is 21.3 Å². The Labute approximate surface area is 167 Å². The number of methoxy groups -OCH3 is 3. The number of carbonyl (C=O) groups is 1. The zero-order chi connectivity index (χ0) is 19.7. The molecule has 150 valence electrons. The summed E-state index contributed by atoms with van der Waals surface area (Å²) in [5.41, 5.74) is 3.17. The molecule has 0 aromatic heterocycles. The quantitative estimate of drug-likeness (QED) is 0.685. The van der Waals surface area contributed by atoms with Crippen LogP contribution in [0.4, 0.5) is 0 Å². The van der Waals surface area contributed by atoms with Crippen LogP contribution in [-0.2, 0) is 15.9 Å². The first kappa shape index (κ1) is 19.1. The molecule has 4 atom stereocenters. The molecule has 0 N–H and O–H groups in total. The Morgan fingerprint density at radius 2 is 1.86 bits per heavy atom. The molecule has 4 rings (SSSR count). The number of ether oxygens (including phenoxy) is 3. The van der Waals surface area contributed by atoms with E-state index in [4.69, 9.17) is 14.2 Å². The maximum Gasteiger partial charge on any atom is 0.338 e. The van der Waals surface area contributed by atoms with Crippen molar-refractivity contribution in [1.29, 1.82) is 0 Å². The van der Waals surface area contributed by atoms with Crippen LogP contribution in [0.15, 0.2) is 36.1 Å². The van der Waals surface area contributed by atoms with Gasteiger partial charge in [-0.2, -0.15) is 0 Å². The third kappa shape index (κ3) is 3.34. The first-order chi connectivity index (χ1) is 13.7. The molecular formula is C24H30O4. The van der Waals surface area contributed by atoms with E-state index in [1.54, 1.807) is 14.2 Å². The number of esters is 1. The van der Waals surface area contributed by atoms with Crippen LogP contribution in [0.25, 0.3) is 0 Å². The average molecular weight is 383 g/mol. The lowest BCUT2D eigenvalue weighted by Gasteiger charge is -2.46. The predicted octanol–water partition coefficient (Wildman–Crippen LogP) is 5.03. The van der Waals surface area contributed by atoms with Crippen molar-refractivity contribution in [3.8, 4) is 5.75 Å². The highest BCUT2D eigenvalue weighted by Crippen LogP contribution is 2.52. The summed E-state index contributed by atoms with van der Waals surface area (Å²) in [4.78, 5) is 12.6. The fraction of sp³-hybridized carbons (Fsp3) is 0.542. The van der Waals surface area contributed by atoms with Gasteiger partial charge in [0.05, 0.1) is 26.9 Å². The van der Waals surface area contributed by atoms with Gasteiger partial charge in [0.25, 0.3) is 0 Å². The Hall–Kier alpha value is -2.23. The first-order valence-electron chi connectivity index (χ1n) is 10.4. The molecule has 28 heavy (non-hydrogen) atoms. The second-order valence-electron chi connectivity index (χ2n) is 8.23. The second-order valence-corrected chi connectivity index (χ2v) is 8.23. The fourth-order valence-electron chi connectivity index (χ4n) is 5.64. The van der Waals surface area contributed by atoms with Crippen LogP contribution in [-0.4, -0.2) is 27.3 Å². The van der Waals surface area contributed by atoms with Gasteiger partial charge in [-0.3, -0.25) is 0 Å². The summed E-state index contributed by atoms with van der Waals surface area (Å²) in [6.07, 6.45) is 13.6. The van der Waals surface area contributed by atoms with Gasteiger partial charge < -0.3 is 14.2 Å². The average Bonchev–Trinajstić information content (AvgIpc) is 2.77. The van der Waals surface area contributed by atoms with E-state index in [0.29, 0.717) is 29.2 Å². The summed E-state index contributed by atoms with van der Waals surface area (Å²) in [6, 6.07) is 4.02. The van der Waals surface area contributed by atoms with Gasteiger partial charge in [0.2, 0.25) is 0 Å². The lowest BCUT2D eigenvalue weighted by atomic mass is 9.59. The number of allylic oxidation sites excluding steroid dienone is 3. The molecule has 3 aliphatic rings. The van der Waals surface area contributed by atoms with E-state index in [-0.39, 0.29) is 5.97 Å².